The maximum absolute atomic E-state index is 11.9. The van der Waals surface area contributed by atoms with Crippen LogP contribution in [0.15, 0.2) is 40.9 Å². The Morgan fingerprint density at radius 1 is 1.35 bits per heavy atom. The molecule has 2 aromatic rings. The molecule has 2 rings (SSSR count). The molecule has 0 aliphatic heterocycles. The van der Waals surface area contributed by atoms with Gasteiger partial charge in [-0.15, -0.1) is 0 Å². The van der Waals surface area contributed by atoms with E-state index in [4.69, 9.17) is 5.73 Å². The molecule has 0 saturated heterocycles. The summed E-state index contributed by atoms with van der Waals surface area (Å²) in [5.41, 5.74) is 8.32. The maximum atomic E-state index is 11.9. The third-order valence-electron chi connectivity index (χ3n) is 2.88. The van der Waals surface area contributed by atoms with Crippen LogP contribution in [0.4, 0.5) is 11.5 Å². The Balaban J connectivity index is 1.91. The van der Waals surface area contributed by atoms with Gasteiger partial charge in [-0.25, -0.2) is 4.98 Å². The molecule has 0 saturated carbocycles. The van der Waals surface area contributed by atoms with Crippen LogP contribution in [-0.4, -0.2) is 10.9 Å². The molecule has 3 N–H and O–H groups in total. The Bertz CT molecular complexity index is 628. The molecule has 4 nitrogen and oxygen atoms in total. The first-order valence-electron chi connectivity index (χ1n) is 6.32. The molecule has 0 unspecified atom stereocenters. The van der Waals surface area contributed by atoms with E-state index in [9.17, 15) is 4.79 Å². The van der Waals surface area contributed by atoms with Crippen molar-refractivity contribution in [3.05, 3.63) is 52.1 Å². The second-order valence-electron chi connectivity index (χ2n) is 4.56. The summed E-state index contributed by atoms with van der Waals surface area (Å²) in [6, 6.07) is 11.2. The lowest BCUT2D eigenvalue weighted by Crippen LogP contribution is -2.13. The molecule has 0 bridgehead atoms. The Kier molecular flexibility index (Phi) is 4.74. The number of rotatable bonds is 4. The zero-order chi connectivity index (χ0) is 14.5. The van der Waals surface area contributed by atoms with Crippen LogP contribution in [0.3, 0.4) is 0 Å². The number of aryl methyl sites for hydroxylation is 2. The third-order valence-corrected chi connectivity index (χ3v) is 3.72. The summed E-state index contributed by atoms with van der Waals surface area (Å²) in [4.78, 5) is 16.2. The van der Waals surface area contributed by atoms with E-state index in [0.717, 1.165) is 15.7 Å². The van der Waals surface area contributed by atoms with E-state index in [2.05, 4.69) is 26.2 Å². The van der Waals surface area contributed by atoms with Gasteiger partial charge in [0.2, 0.25) is 5.91 Å². The van der Waals surface area contributed by atoms with Crippen molar-refractivity contribution in [1.82, 2.24) is 4.98 Å². The van der Waals surface area contributed by atoms with Crippen molar-refractivity contribution in [2.45, 2.75) is 19.8 Å². The lowest BCUT2D eigenvalue weighted by atomic mass is 10.1. The summed E-state index contributed by atoms with van der Waals surface area (Å²) < 4.78 is 0.926. The summed E-state index contributed by atoms with van der Waals surface area (Å²) in [5, 5.41) is 2.79. The smallest absolute Gasteiger partial charge is 0.225 e. The van der Waals surface area contributed by atoms with E-state index in [0.29, 0.717) is 24.3 Å². The van der Waals surface area contributed by atoms with Crippen LogP contribution in [0.25, 0.3) is 0 Å². The number of carbonyl (C=O) groups excluding carboxylic acids is 1. The standard InChI is InChI=1S/C15H16BrN3O/c1-10-13(16)6-7-14(18-10)19-15(20)8-5-11-3-2-4-12(17)9-11/h2-4,6-7,9H,5,8,17H2,1H3,(H,18,19,20). The van der Waals surface area contributed by atoms with Crippen LogP contribution in [0.2, 0.25) is 0 Å². The van der Waals surface area contributed by atoms with Crippen molar-refractivity contribution in [3.63, 3.8) is 0 Å². The average molecular weight is 334 g/mol. The van der Waals surface area contributed by atoms with Crippen LogP contribution in [-0.2, 0) is 11.2 Å². The highest BCUT2D eigenvalue weighted by atomic mass is 79.9. The summed E-state index contributed by atoms with van der Waals surface area (Å²) >= 11 is 3.38. The molecule has 20 heavy (non-hydrogen) atoms. The molecule has 0 aliphatic rings. The molecule has 1 heterocycles. The monoisotopic (exact) mass is 333 g/mol. The molecule has 0 fully saturated rings. The SMILES string of the molecule is Cc1nc(NC(=O)CCc2cccc(N)c2)ccc1Br. The van der Waals surface area contributed by atoms with E-state index in [1.54, 1.807) is 6.07 Å². The summed E-state index contributed by atoms with van der Waals surface area (Å²) in [6.45, 7) is 1.88. The molecule has 0 atom stereocenters. The fraction of sp³-hybridized carbons (Fsp3) is 0.200. The fourth-order valence-electron chi connectivity index (χ4n) is 1.83. The van der Waals surface area contributed by atoms with Crippen LogP contribution < -0.4 is 11.1 Å². The van der Waals surface area contributed by atoms with E-state index in [1.807, 2.05) is 37.3 Å². The lowest BCUT2D eigenvalue weighted by Gasteiger charge is -2.06. The highest BCUT2D eigenvalue weighted by Crippen LogP contribution is 2.16. The minimum atomic E-state index is -0.0540. The molecule has 0 spiro atoms. The van der Waals surface area contributed by atoms with E-state index in [1.165, 1.54) is 0 Å². The minimum absolute atomic E-state index is 0.0540. The highest BCUT2D eigenvalue weighted by Gasteiger charge is 2.05. The number of amides is 1. The lowest BCUT2D eigenvalue weighted by molar-refractivity contribution is -0.116. The van der Waals surface area contributed by atoms with Gasteiger partial charge in [0.25, 0.3) is 0 Å². The van der Waals surface area contributed by atoms with Gasteiger partial charge >= 0.3 is 0 Å². The number of carbonyl (C=O) groups is 1. The largest absolute Gasteiger partial charge is 0.399 e. The van der Waals surface area contributed by atoms with Crippen molar-refractivity contribution in [2.75, 3.05) is 11.1 Å². The van der Waals surface area contributed by atoms with Gasteiger partial charge in [0.15, 0.2) is 0 Å². The first-order valence-corrected chi connectivity index (χ1v) is 7.11. The number of nitrogens with two attached hydrogens (primary N) is 1. The number of aromatic nitrogens is 1. The first-order chi connectivity index (χ1) is 9.54. The number of halogens is 1. The van der Waals surface area contributed by atoms with Gasteiger partial charge in [0.05, 0.1) is 5.69 Å². The van der Waals surface area contributed by atoms with Crippen molar-refractivity contribution in [2.24, 2.45) is 0 Å². The predicted molar refractivity (Wildman–Crippen MR) is 84.5 cm³/mol. The molecular formula is C15H16BrN3O. The summed E-state index contributed by atoms with van der Waals surface area (Å²) in [6.07, 6.45) is 1.06. The first kappa shape index (κ1) is 14.5. The number of pyridine rings is 1. The van der Waals surface area contributed by atoms with Crippen molar-refractivity contribution >= 4 is 33.3 Å². The Morgan fingerprint density at radius 2 is 2.15 bits per heavy atom. The number of hydrogen-bond donors (Lipinski definition) is 2. The number of nitrogen functional groups attached to an aromatic ring is 1. The van der Waals surface area contributed by atoms with Crippen LogP contribution in [0.1, 0.15) is 17.7 Å². The highest BCUT2D eigenvalue weighted by molar-refractivity contribution is 9.10. The van der Waals surface area contributed by atoms with Gasteiger partial charge in [0, 0.05) is 16.6 Å². The van der Waals surface area contributed by atoms with Gasteiger partial charge < -0.3 is 11.1 Å². The van der Waals surface area contributed by atoms with Gasteiger partial charge in [0.1, 0.15) is 5.82 Å². The van der Waals surface area contributed by atoms with Crippen LogP contribution >= 0.6 is 15.9 Å². The second-order valence-corrected chi connectivity index (χ2v) is 5.41. The number of anilines is 2. The average Bonchev–Trinajstić information content (AvgIpc) is 2.41. The number of nitrogens with zero attached hydrogens (tertiary/aromatic N) is 1. The van der Waals surface area contributed by atoms with Gasteiger partial charge in [-0.2, -0.15) is 0 Å². The molecule has 104 valence electrons. The van der Waals surface area contributed by atoms with Crippen molar-refractivity contribution < 1.29 is 4.79 Å². The van der Waals surface area contributed by atoms with E-state index >= 15 is 0 Å². The van der Waals surface area contributed by atoms with Crippen molar-refractivity contribution in [3.8, 4) is 0 Å². The Hall–Kier alpha value is -1.88. The normalized spacial score (nSPS) is 10.3. The molecular weight excluding hydrogens is 318 g/mol. The van der Waals surface area contributed by atoms with Crippen LogP contribution in [0, 0.1) is 6.92 Å². The molecule has 1 aromatic heterocycles. The molecule has 1 aromatic carbocycles. The minimum Gasteiger partial charge on any atom is -0.399 e. The molecule has 0 radical (unpaired) electrons. The third kappa shape index (κ3) is 4.06. The van der Waals surface area contributed by atoms with Crippen LogP contribution in [0.5, 0.6) is 0 Å². The molecule has 5 heteroatoms. The Morgan fingerprint density at radius 3 is 2.85 bits per heavy atom. The van der Waals surface area contributed by atoms with Gasteiger partial charge in [-0.05, 0) is 59.1 Å². The fourth-order valence-corrected chi connectivity index (χ4v) is 2.05. The molecule has 0 aliphatic carbocycles. The summed E-state index contributed by atoms with van der Waals surface area (Å²) in [7, 11) is 0. The van der Waals surface area contributed by atoms with E-state index < -0.39 is 0 Å². The topological polar surface area (TPSA) is 68.0 Å². The molecule has 1 amide bonds. The summed E-state index contributed by atoms with van der Waals surface area (Å²) in [5.74, 6) is 0.518. The number of hydrogen-bond acceptors (Lipinski definition) is 3. The van der Waals surface area contributed by atoms with Gasteiger partial charge in [-0.3, -0.25) is 4.79 Å². The quantitative estimate of drug-likeness (QED) is 0.843. The van der Waals surface area contributed by atoms with Crippen molar-refractivity contribution in [1.29, 1.82) is 0 Å². The number of nitrogens with one attached hydrogen (secondary N) is 1. The van der Waals surface area contributed by atoms with E-state index in [-0.39, 0.29) is 5.91 Å². The predicted octanol–water partition coefficient (Wildman–Crippen LogP) is 3.31. The zero-order valence-electron chi connectivity index (χ0n) is 11.2. The Labute approximate surface area is 126 Å². The zero-order valence-corrected chi connectivity index (χ0v) is 12.8. The number of benzene rings is 1. The van der Waals surface area contributed by atoms with Gasteiger partial charge in [-0.1, -0.05) is 12.1 Å². The second kappa shape index (κ2) is 6.52. The maximum Gasteiger partial charge on any atom is 0.225 e.